The normalized spacial score (nSPS) is 27.7. The van der Waals surface area contributed by atoms with Crippen LogP contribution in [0.3, 0.4) is 0 Å². The van der Waals surface area contributed by atoms with E-state index in [-0.39, 0.29) is 0 Å². The van der Waals surface area contributed by atoms with Crippen molar-refractivity contribution in [3.63, 3.8) is 0 Å². The second-order valence-corrected chi connectivity index (χ2v) is 6.62. The van der Waals surface area contributed by atoms with E-state index in [4.69, 9.17) is 4.74 Å². The zero-order valence-electron chi connectivity index (χ0n) is 12.4. The highest BCUT2D eigenvalue weighted by Gasteiger charge is 2.29. The van der Waals surface area contributed by atoms with Crippen LogP contribution in [-0.4, -0.2) is 49.3 Å². The van der Waals surface area contributed by atoms with Crippen molar-refractivity contribution in [3.8, 4) is 0 Å². The van der Waals surface area contributed by atoms with Gasteiger partial charge in [0, 0.05) is 31.7 Å². The molecule has 0 amide bonds. The van der Waals surface area contributed by atoms with E-state index >= 15 is 0 Å². The molecule has 0 aliphatic carbocycles. The van der Waals surface area contributed by atoms with E-state index in [2.05, 4.69) is 51.8 Å². The molecular weight excluding hydrogens is 212 g/mol. The van der Waals surface area contributed by atoms with Crippen LogP contribution in [0.25, 0.3) is 0 Å². The summed E-state index contributed by atoms with van der Waals surface area (Å²) in [5, 5.41) is 3.54. The highest BCUT2D eigenvalue weighted by molar-refractivity contribution is 4.83. The SMILES string of the molecule is CC(C)NCC(C)(C)CN1CC(C)OCC1C. The van der Waals surface area contributed by atoms with Crippen LogP contribution in [0.5, 0.6) is 0 Å². The van der Waals surface area contributed by atoms with Crippen molar-refractivity contribution < 1.29 is 4.74 Å². The van der Waals surface area contributed by atoms with Crippen molar-refractivity contribution in [1.29, 1.82) is 0 Å². The number of ether oxygens (including phenoxy) is 1. The molecule has 17 heavy (non-hydrogen) atoms. The van der Waals surface area contributed by atoms with E-state index in [1.165, 1.54) is 0 Å². The monoisotopic (exact) mass is 242 g/mol. The third kappa shape index (κ3) is 5.36. The molecule has 1 fully saturated rings. The molecule has 1 rings (SSSR count). The quantitative estimate of drug-likeness (QED) is 0.799. The lowest BCUT2D eigenvalue weighted by molar-refractivity contribution is -0.0601. The van der Waals surface area contributed by atoms with Gasteiger partial charge in [-0.15, -0.1) is 0 Å². The van der Waals surface area contributed by atoms with E-state index in [1.807, 2.05) is 0 Å². The van der Waals surface area contributed by atoms with E-state index in [0.29, 0.717) is 23.6 Å². The van der Waals surface area contributed by atoms with Gasteiger partial charge in [-0.25, -0.2) is 0 Å². The van der Waals surface area contributed by atoms with Gasteiger partial charge in [0.2, 0.25) is 0 Å². The summed E-state index contributed by atoms with van der Waals surface area (Å²) in [7, 11) is 0. The Kier molecular flexibility index (Phi) is 5.42. The highest BCUT2D eigenvalue weighted by Crippen LogP contribution is 2.20. The molecule has 1 aliphatic rings. The van der Waals surface area contributed by atoms with Crippen molar-refractivity contribution in [2.45, 2.75) is 59.7 Å². The molecule has 102 valence electrons. The van der Waals surface area contributed by atoms with E-state index < -0.39 is 0 Å². The molecular formula is C14H30N2O. The van der Waals surface area contributed by atoms with Gasteiger partial charge < -0.3 is 10.1 Å². The number of nitrogens with one attached hydrogen (secondary N) is 1. The van der Waals surface area contributed by atoms with Gasteiger partial charge in [0.25, 0.3) is 0 Å². The predicted octanol–water partition coefficient (Wildman–Crippen LogP) is 2.12. The second kappa shape index (κ2) is 6.17. The maximum atomic E-state index is 5.68. The van der Waals surface area contributed by atoms with Gasteiger partial charge in [0.05, 0.1) is 12.7 Å². The molecule has 1 saturated heterocycles. The first kappa shape index (κ1) is 14.9. The lowest BCUT2D eigenvalue weighted by Gasteiger charge is -2.41. The number of hydrogen-bond acceptors (Lipinski definition) is 3. The molecule has 1 aliphatic heterocycles. The van der Waals surface area contributed by atoms with Crippen LogP contribution >= 0.6 is 0 Å². The average Bonchev–Trinajstić information content (AvgIpc) is 2.20. The number of rotatable bonds is 5. The van der Waals surface area contributed by atoms with E-state index in [0.717, 1.165) is 26.2 Å². The van der Waals surface area contributed by atoms with Gasteiger partial charge >= 0.3 is 0 Å². The molecule has 3 nitrogen and oxygen atoms in total. The molecule has 0 radical (unpaired) electrons. The summed E-state index contributed by atoms with van der Waals surface area (Å²) in [5.41, 5.74) is 0.315. The Morgan fingerprint density at radius 2 is 2.00 bits per heavy atom. The van der Waals surface area contributed by atoms with Crippen LogP contribution < -0.4 is 5.32 Å². The minimum Gasteiger partial charge on any atom is -0.376 e. The van der Waals surface area contributed by atoms with Crippen LogP contribution in [0.1, 0.15) is 41.5 Å². The van der Waals surface area contributed by atoms with Crippen LogP contribution in [0.4, 0.5) is 0 Å². The summed E-state index contributed by atoms with van der Waals surface area (Å²) in [6, 6.07) is 1.11. The standard InChI is InChI=1S/C14H30N2O/c1-11(2)15-9-14(5,6)10-16-7-13(4)17-8-12(16)3/h11-13,15H,7-10H2,1-6H3. The van der Waals surface area contributed by atoms with Gasteiger partial charge in [0.1, 0.15) is 0 Å². The average molecular weight is 242 g/mol. The third-order valence-corrected chi connectivity index (χ3v) is 3.36. The minimum atomic E-state index is 0.315. The molecule has 0 spiro atoms. The maximum Gasteiger partial charge on any atom is 0.0674 e. The Labute approximate surface area is 107 Å². The van der Waals surface area contributed by atoms with Crippen molar-refractivity contribution in [2.24, 2.45) is 5.41 Å². The van der Waals surface area contributed by atoms with Gasteiger partial charge in [-0.3, -0.25) is 4.90 Å². The van der Waals surface area contributed by atoms with Crippen molar-refractivity contribution >= 4 is 0 Å². The summed E-state index contributed by atoms with van der Waals surface area (Å²) in [4.78, 5) is 2.57. The molecule has 0 bridgehead atoms. The topological polar surface area (TPSA) is 24.5 Å². The van der Waals surface area contributed by atoms with Gasteiger partial charge in [0.15, 0.2) is 0 Å². The molecule has 2 atom stereocenters. The molecule has 0 saturated carbocycles. The summed E-state index contributed by atoms with van der Waals surface area (Å²) in [6.45, 7) is 17.7. The van der Waals surface area contributed by atoms with Crippen molar-refractivity contribution in [2.75, 3.05) is 26.2 Å². The van der Waals surface area contributed by atoms with E-state index in [1.54, 1.807) is 0 Å². The molecule has 0 aromatic carbocycles. The smallest absolute Gasteiger partial charge is 0.0674 e. The summed E-state index contributed by atoms with van der Waals surface area (Å²) in [5.74, 6) is 0. The molecule has 1 N–H and O–H groups in total. The Balaban J connectivity index is 2.44. The van der Waals surface area contributed by atoms with Gasteiger partial charge in [-0.2, -0.15) is 0 Å². The van der Waals surface area contributed by atoms with Crippen LogP contribution in [0, 0.1) is 5.41 Å². The fourth-order valence-electron chi connectivity index (χ4n) is 2.28. The fourth-order valence-corrected chi connectivity index (χ4v) is 2.28. The highest BCUT2D eigenvalue weighted by atomic mass is 16.5. The summed E-state index contributed by atoms with van der Waals surface area (Å²) < 4.78 is 5.68. The minimum absolute atomic E-state index is 0.315. The zero-order chi connectivity index (χ0) is 13.1. The summed E-state index contributed by atoms with van der Waals surface area (Å²) >= 11 is 0. The first-order valence-electron chi connectivity index (χ1n) is 6.89. The number of nitrogens with zero attached hydrogens (tertiary/aromatic N) is 1. The van der Waals surface area contributed by atoms with Gasteiger partial charge in [-0.05, 0) is 19.3 Å². The first-order valence-corrected chi connectivity index (χ1v) is 6.89. The fraction of sp³-hybridized carbons (Fsp3) is 1.00. The van der Waals surface area contributed by atoms with Crippen LogP contribution in [0.2, 0.25) is 0 Å². The molecule has 1 heterocycles. The largest absolute Gasteiger partial charge is 0.376 e. The Bertz CT molecular complexity index is 228. The Hall–Kier alpha value is -0.120. The summed E-state index contributed by atoms with van der Waals surface area (Å²) in [6.07, 6.45) is 0.375. The Morgan fingerprint density at radius 1 is 1.35 bits per heavy atom. The predicted molar refractivity (Wildman–Crippen MR) is 73.4 cm³/mol. The lowest BCUT2D eigenvalue weighted by Crippen LogP contribution is -2.52. The third-order valence-electron chi connectivity index (χ3n) is 3.36. The molecule has 3 heteroatoms. The van der Waals surface area contributed by atoms with Crippen molar-refractivity contribution in [3.05, 3.63) is 0 Å². The zero-order valence-corrected chi connectivity index (χ0v) is 12.4. The molecule has 0 aromatic heterocycles. The number of morpholine rings is 1. The maximum absolute atomic E-state index is 5.68. The second-order valence-electron chi connectivity index (χ2n) is 6.62. The first-order chi connectivity index (χ1) is 7.80. The Morgan fingerprint density at radius 3 is 2.59 bits per heavy atom. The van der Waals surface area contributed by atoms with Crippen molar-refractivity contribution in [1.82, 2.24) is 10.2 Å². The van der Waals surface area contributed by atoms with Crippen LogP contribution in [-0.2, 0) is 4.74 Å². The molecule has 2 unspecified atom stereocenters. The molecule has 0 aromatic rings. The number of hydrogen-bond donors (Lipinski definition) is 1. The van der Waals surface area contributed by atoms with E-state index in [9.17, 15) is 0 Å². The van der Waals surface area contributed by atoms with Gasteiger partial charge in [-0.1, -0.05) is 27.7 Å². The lowest BCUT2D eigenvalue weighted by atomic mass is 9.91. The van der Waals surface area contributed by atoms with Crippen LogP contribution in [0.15, 0.2) is 0 Å².